The second-order valence-electron chi connectivity index (χ2n) is 6.08. The Morgan fingerprint density at radius 2 is 1.96 bits per heavy atom. The van der Waals surface area contributed by atoms with E-state index >= 15 is 0 Å². The van der Waals surface area contributed by atoms with E-state index in [4.69, 9.17) is 4.74 Å². The lowest BCUT2D eigenvalue weighted by Gasteiger charge is -2.28. The van der Waals surface area contributed by atoms with Crippen molar-refractivity contribution in [3.8, 4) is 0 Å². The van der Waals surface area contributed by atoms with Crippen LogP contribution in [0.1, 0.15) is 16.8 Å². The predicted octanol–water partition coefficient (Wildman–Crippen LogP) is 0.539. The largest absolute Gasteiger partial charge is 0.385 e. The average Bonchev–Trinajstić information content (AvgIpc) is 2.65. The topological polar surface area (TPSA) is 79.0 Å². The molecule has 1 saturated heterocycles. The number of halogens is 1. The van der Waals surface area contributed by atoms with Gasteiger partial charge in [-0.2, -0.15) is 4.31 Å². The number of carbonyl (C=O) groups is 1. The van der Waals surface area contributed by atoms with E-state index < -0.39 is 21.7 Å². The quantitative estimate of drug-likeness (QED) is 0.626. The minimum absolute atomic E-state index is 0.0170. The first-order valence-electron chi connectivity index (χ1n) is 8.67. The second-order valence-corrected chi connectivity index (χ2v) is 8.17. The molecule has 0 radical (unpaired) electrons. The van der Waals surface area contributed by atoms with E-state index in [-0.39, 0.29) is 17.9 Å². The number of nitrogens with zero attached hydrogens (tertiary/aromatic N) is 2. The number of piperazine rings is 1. The van der Waals surface area contributed by atoms with Gasteiger partial charge in [-0.25, -0.2) is 12.8 Å². The van der Waals surface area contributed by atoms with E-state index in [2.05, 4.69) is 5.32 Å². The zero-order valence-electron chi connectivity index (χ0n) is 15.0. The fourth-order valence-corrected chi connectivity index (χ4v) is 4.24. The maximum atomic E-state index is 13.9. The monoisotopic (exact) mass is 387 g/mol. The van der Waals surface area contributed by atoms with Gasteiger partial charge in [0.2, 0.25) is 10.0 Å². The number of hydrogen-bond acceptors (Lipinski definition) is 5. The molecule has 0 atom stereocenters. The Hall–Kier alpha value is -1.55. The van der Waals surface area contributed by atoms with Crippen LogP contribution in [0.5, 0.6) is 0 Å². The predicted molar refractivity (Wildman–Crippen MR) is 97.0 cm³/mol. The summed E-state index contributed by atoms with van der Waals surface area (Å²) in [6.07, 6.45) is 0.546. The molecule has 7 nitrogen and oxygen atoms in total. The number of methoxy groups -OCH3 is 1. The molecule has 146 valence electrons. The van der Waals surface area contributed by atoms with Crippen molar-refractivity contribution in [1.29, 1.82) is 0 Å². The third-order valence-electron chi connectivity index (χ3n) is 4.26. The number of ether oxygens (including phenoxy) is 1. The van der Waals surface area contributed by atoms with E-state index in [1.165, 1.54) is 27.4 Å². The first-order chi connectivity index (χ1) is 12.5. The Balaban J connectivity index is 2.06. The van der Waals surface area contributed by atoms with Crippen LogP contribution in [0.4, 0.5) is 4.39 Å². The number of benzene rings is 1. The maximum Gasteiger partial charge on any atom is 0.256 e. The van der Waals surface area contributed by atoms with E-state index in [1.807, 2.05) is 0 Å². The van der Waals surface area contributed by atoms with Crippen molar-refractivity contribution in [2.24, 2.45) is 0 Å². The molecule has 0 aromatic heterocycles. The molecule has 2 rings (SSSR count). The molecule has 1 aliphatic rings. The van der Waals surface area contributed by atoms with Crippen LogP contribution in [0.2, 0.25) is 0 Å². The molecule has 1 aromatic carbocycles. The van der Waals surface area contributed by atoms with Crippen LogP contribution in [0.15, 0.2) is 24.3 Å². The molecule has 26 heavy (non-hydrogen) atoms. The minimum Gasteiger partial charge on any atom is -0.385 e. The number of nitrogens with one attached hydrogen (secondary N) is 1. The van der Waals surface area contributed by atoms with Crippen molar-refractivity contribution in [3.63, 3.8) is 0 Å². The Kier molecular flexibility index (Phi) is 7.95. The van der Waals surface area contributed by atoms with Crippen molar-refractivity contribution in [2.75, 3.05) is 58.7 Å². The van der Waals surface area contributed by atoms with Crippen molar-refractivity contribution < 1.29 is 22.3 Å². The van der Waals surface area contributed by atoms with Gasteiger partial charge in [-0.1, -0.05) is 12.1 Å². The summed E-state index contributed by atoms with van der Waals surface area (Å²) in [5.74, 6) is -1.30. The highest BCUT2D eigenvalue weighted by Gasteiger charge is 2.26. The molecule has 1 aliphatic heterocycles. The summed E-state index contributed by atoms with van der Waals surface area (Å²) >= 11 is 0. The van der Waals surface area contributed by atoms with Crippen molar-refractivity contribution in [3.05, 3.63) is 35.6 Å². The minimum atomic E-state index is -3.46. The highest BCUT2D eigenvalue weighted by atomic mass is 32.2. The van der Waals surface area contributed by atoms with Gasteiger partial charge >= 0.3 is 0 Å². The zero-order chi connectivity index (χ0) is 19.0. The summed E-state index contributed by atoms with van der Waals surface area (Å²) in [6, 6.07) is 5.72. The molecule has 1 N–H and O–H groups in total. The summed E-state index contributed by atoms with van der Waals surface area (Å²) in [7, 11) is -1.91. The lowest BCUT2D eigenvalue weighted by Crippen LogP contribution is -2.48. The van der Waals surface area contributed by atoms with E-state index in [0.717, 1.165) is 0 Å². The number of hydrogen-bond donors (Lipinski definition) is 1. The van der Waals surface area contributed by atoms with Gasteiger partial charge in [0.05, 0.1) is 11.3 Å². The third kappa shape index (κ3) is 5.73. The van der Waals surface area contributed by atoms with Gasteiger partial charge in [-0.3, -0.25) is 4.79 Å². The fraction of sp³-hybridized carbons (Fsp3) is 0.588. The highest BCUT2D eigenvalue weighted by Crippen LogP contribution is 2.12. The Morgan fingerprint density at radius 1 is 1.27 bits per heavy atom. The van der Waals surface area contributed by atoms with Crippen LogP contribution in [0, 0.1) is 5.82 Å². The standard InChI is InChI=1S/C17H26FN3O4S/c1-25-13-4-9-20(17(22)15-5-2-3-6-16(15)18)12-14-26(23,24)21-10-7-19-8-11-21/h2-3,5-6,19H,4,7-14H2,1H3. The molecule has 1 amide bonds. The summed E-state index contributed by atoms with van der Waals surface area (Å²) in [6.45, 7) is 2.84. The van der Waals surface area contributed by atoms with Crippen molar-refractivity contribution in [2.45, 2.75) is 6.42 Å². The molecule has 0 bridgehead atoms. The molecule has 0 unspecified atom stereocenters. The number of amides is 1. The van der Waals surface area contributed by atoms with Gasteiger partial charge in [0, 0.05) is 53.0 Å². The number of sulfonamides is 1. The van der Waals surface area contributed by atoms with Gasteiger partial charge in [-0.15, -0.1) is 0 Å². The smallest absolute Gasteiger partial charge is 0.256 e. The van der Waals surface area contributed by atoms with Crippen LogP contribution in [0.25, 0.3) is 0 Å². The van der Waals surface area contributed by atoms with Gasteiger partial charge in [0.25, 0.3) is 5.91 Å². The number of carbonyl (C=O) groups excluding carboxylic acids is 1. The average molecular weight is 387 g/mol. The Bertz CT molecular complexity index is 693. The van der Waals surface area contributed by atoms with Gasteiger partial charge in [0.1, 0.15) is 5.82 Å². The Morgan fingerprint density at radius 3 is 2.62 bits per heavy atom. The first kappa shape index (κ1) is 20.8. The van der Waals surface area contributed by atoms with Crippen LogP contribution in [-0.2, 0) is 14.8 Å². The van der Waals surface area contributed by atoms with Gasteiger partial charge in [-0.05, 0) is 18.6 Å². The van der Waals surface area contributed by atoms with Crippen molar-refractivity contribution in [1.82, 2.24) is 14.5 Å². The Labute approximate surface area is 154 Å². The SMILES string of the molecule is COCCCN(CCS(=O)(=O)N1CCNCC1)C(=O)c1ccccc1F. The van der Waals surface area contributed by atoms with Crippen LogP contribution in [0.3, 0.4) is 0 Å². The van der Waals surface area contributed by atoms with Crippen LogP contribution < -0.4 is 5.32 Å². The van der Waals surface area contributed by atoms with Crippen LogP contribution in [-0.4, -0.2) is 82.3 Å². The van der Waals surface area contributed by atoms with Crippen LogP contribution >= 0.6 is 0 Å². The second kappa shape index (κ2) is 9.96. The van der Waals surface area contributed by atoms with Crippen molar-refractivity contribution >= 4 is 15.9 Å². The normalized spacial score (nSPS) is 15.8. The molecular formula is C17H26FN3O4S. The van der Waals surface area contributed by atoms with Gasteiger partial charge < -0.3 is 15.0 Å². The third-order valence-corrected chi connectivity index (χ3v) is 6.11. The molecule has 1 aromatic rings. The molecule has 9 heteroatoms. The lowest BCUT2D eigenvalue weighted by atomic mass is 10.2. The summed E-state index contributed by atoms with van der Waals surface area (Å²) in [5, 5.41) is 3.11. The summed E-state index contributed by atoms with van der Waals surface area (Å²) in [4.78, 5) is 14.1. The summed E-state index contributed by atoms with van der Waals surface area (Å²) < 4.78 is 45.4. The fourth-order valence-electron chi connectivity index (χ4n) is 2.80. The molecule has 0 saturated carbocycles. The van der Waals surface area contributed by atoms with Gasteiger partial charge in [0.15, 0.2) is 0 Å². The molecule has 0 aliphatic carbocycles. The summed E-state index contributed by atoms with van der Waals surface area (Å²) in [5.41, 5.74) is -0.0514. The highest BCUT2D eigenvalue weighted by molar-refractivity contribution is 7.89. The lowest BCUT2D eigenvalue weighted by molar-refractivity contribution is 0.0742. The molecule has 1 fully saturated rings. The number of rotatable bonds is 9. The molecule has 0 spiro atoms. The molecule has 1 heterocycles. The first-order valence-corrected chi connectivity index (χ1v) is 10.3. The van der Waals surface area contributed by atoms with E-state index in [9.17, 15) is 17.6 Å². The van der Waals surface area contributed by atoms with E-state index in [0.29, 0.717) is 45.8 Å². The van der Waals surface area contributed by atoms with E-state index in [1.54, 1.807) is 13.2 Å². The zero-order valence-corrected chi connectivity index (χ0v) is 15.8. The molecular weight excluding hydrogens is 361 g/mol. The maximum absolute atomic E-state index is 13.9.